The van der Waals surface area contributed by atoms with Crippen LogP contribution in [0.4, 0.5) is 26.3 Å². The molecule has 0 saturated heterocycles. The molecule has 0 amide bonds. The van der Waals surface area contributed by atoms with E-state index in [0.29, 0.717) is 43.0 Å². The fraction of sp³-hybridized carbons (Fsp3) is 0.385. The van der Waals surface area contributed by atoms with Gasteiger partial charge in [-0.25, -0.2) is 24.1 Å². The minimum Gasteiger partial charge on any atom is -0.341 e. The van der Waals surface area contributed by atoms with Crippen molar-refractivity contribution < 1.29 is 30.9 Å². The maximum Gasteiger partial charge on any atom is 0.434 e. The highest BCUT2D eigenvalue weighted by molar-refractivity contribution is 6.32. The van der Waals surface area contributed by atoms with E-state index in [1.165, 1.54) is 56.7 Å². The molecule has 2 aliphatic carbocycles. The van der Waals surface area contributed by atoms with Gasteiger partial charge in [0.1, 0.15) is 18.9 Å². The molecule has 376 valence electrons. The Morgan fingerprint density at radius 3 is 1.61 bits per heavy atom. The first kappa shape index (κ1) is 52.9. The molecule has 71 heavy (non-hydrogen) atoms. The summed E-state index contributed by atoms with van der Waals surface area (Å²) in [6.07, 6.45) is 8.42. The fourth-order valence-electron chi connectivity index (χ4n) is 10.1. The van der Waals surface area contributed by atoms with Crippen molar-refractivity contribution in [1.29, 1.82) is 0 Å². The number of alkyl halides is 7. The number of aromatic nitrogens is 6. The van der Waals surface area contributed by atoms with Crippen LogP contribution in [0.2, 0.25) is 20.1 Å². The van der Waals surface area contributed by atoms with Gasteiger partial charge in [-0.05, 0) is 158 Å². The van der Waals surface area contributed by atoms with Crippen LogP contribution < -0.4 is 4.57 Å². The van der Waals surface area contributed by atoms with Gasteiger partial charge in [-0.2, -0.15) is 26.3 Å². The average Bonchev–Trinajstić information content (AvgIpc) is 4.14. The molecular weight excluding hydrogens is 1030 g/mol. The van der Waals surface area contributed by atoms with E-state index in [0.717, 1.165) is 68.5 Å². The summed E-state index contributed by atoms with van der Waals surface area (Å²) in [4.78, 5) is 16.1. The molecule has 0 spiro atoms. The summed E-state index contributed by atoms with van der Waals surface area (Å²) in [6.45, 7) is 4.10. The van der Waals surface area contributed by atoms with Crippen LogP contribution in [0.25, 0.3) is 11.1 Å². The maximum atomic E-state index is 13.2. The van der Waals surface area contributed by atoms with Crippen LogP contribution in [-0.4, -0.2) is 78.0 Å². The second-order valence-corrected chi connectivity index (χ2v) is 20.2. The molecule has 0 radical (unpaired) electrons. The third-order valence-corrected chi connectivity index (χ3v) is 14.8. The third-order valence-electron chi connectivity index (χ3n) is 13.4. The maximum absolute atomic E-state index is 13.2. The summed E-state index contributed by atoms with van der Waals surface area (Å²) >= 11 is 30.2. The van der Waals surface area contributed by atoms with Crippen molar-refractivity contribution in [3.05, 3.63) is 174 Å². The molecule has 2 aliphatic heterocycles. The Morgan fingerprint density at radius 1 is 0.676 bits per heavy atom. The van der Waals surface area contributed by atoms with Crippen molar-refractivity contribution in [1.82, 2.24) is 33.9 Å². The molecule has 4 aromatic heterocycles. The molecule has 10 rings (SSSR count). The Morgan fingerprint density at radius 2 is 1.18 bits per heavy atom. The van der Waals surface area contributed by atoms with Crippen molar-refractivity contribution in [3.8, 4) is 0 Å². The van der Waals surface area contributed by atoms with Gasteiger partial charge in [0.05, 0.1) is 29.5 Å². The second-order valence-electron chi connectivity index (χ2n) is 18.2. The van der Waals surface area contributed by atoms with E-state index in [9.17, 15) is 26.3 Å². The number of nitrogens with zero attached hydrogens (tertiary/aromatic N) is 8. The normalized spacial score (nSPS) is 17.8. The fourth-order valence-corrected chi connectivity index (χ4v) is 11.2. The topological polar surface area (TPSA) is 58.9 Å². The lowest BCUT2D eigenvalue weighted by molar-refractivity contribution is -0.671. The zero-order valence-electron chi connectivity index (χ0n) is 39.0. The van der Waals surface area contributed by atoms with Crippen LogP contribution in [0.5, 0.6) is 0 Å². The number of rotatable bonds is 11. The van der Waals surface area contributed by atoms with Crippen LogP contribution in [-0.2, 0) is 58.7 Å². The largest absolute Gasteiger partial charge is 0.434 e. The zero-order chi connectivity index (χ0) is 50.6. The van der Waals surface area contributed by atoms with Crippen molar-refractivity contribution >= 4 is 69.2 Å². The average molecular weight is 1080 g/mol. The van der Waals surface area contributed by atoms with E-state index in [2.05, 4.69) is 60.0 Å². The van der Waals surface area contributed by atoms with Crippen molar-refractivity contribution in [2.75, 3.05) is 32.1 Å². The predicted octanol–water partition coefficient (Wildman–Crippen LogP) is 12.8. The molecule has 0 saturated carbocycles. The van der Waals surface area contributed by atoms with Gasteiger partial charge in [-0.1, -0.05) is 58.5 Å². The Hall–Kier alpha value is -4.41. The lowest BCUT2D eigenvalue weighted by atomic mass is 9.92. The van der Waals surface area contributed by atoms with Crippen LogP contribution in [0.3, 0.4) is 0 Å². The Bertz CT molecular complexity index is 2900. The van der Waals surface area contributed by atoms with Gasteiger partial charge >= 0.3 is 12.4 Å². The zero-order valence-corrected chi connectivity index (χ0v) is 42.8. The van der Waals surface area contributed by atoms with Crippen LogP contribution >= 0.6 is 58.0 Å². The molecular formula is C52H52Cl5F6N8+. The summed E-state index contributed by atoms with van der Waals surface area (Å²) < 4.78 is 84.7. The second kappa shape index (κ2) is 22.8. The summed E-state index contributed by atoms with van der Waals surface area (Å²) in [5, 5.41) is 0.756. The number of halogens is 11. The number of hydrogen-bond donors (Lipinski definition) is 0. The number of hydrogen-bond acceptors (Lipinski definition) is 5. The lowest BCUT2D eigenvalue weighted by Crippen LogP contribution is -2.44. The van der Waals surface area contributed by atoms with E-state index in [1.54, 1.807) is 24.7 Å². The van der Waals surface area contributed by atoms with Crippen LogP contribution in [0.15, 0.2) is 109 Å². The third kappa shape index (κ3) is 12.9. The molecule has 6 aromatic rings. The highest BCUT2D eigenvalue weighted by Crippen LogP contribution is 2.44. The molecule has 2 aromatic carbocycles. The molecule has 2 atom stereocenters. The van der Waals surface area contributed by atoms with Gasteiger partial charge in [0.25, 0.3) is 0 Å². The summed E-state index contributed by atoms with van der Waals surface area (Å²) in [7, 11) is 3.94. The molecule has 4 aliphatic rings. The van der Waals surface area contributed by atoms with Crippen molar-refractivity contribution in [2.24, 2.45) is 14.1 Å². The van der Waals surface area contributed by atoms with E-state index in [4.69, 9.17) is 58.0 Å². The minimum atomic E-state index is -4.55. The molecule has 8 nitrogen and oxygen atoms in total. The molecule has 6 heterocycles. The smallest absolute Gasteiger partial charge is 0.341 e. The van der Waals surface area contributed by atoms with Crippen molar-refractivity contribution in [2.45, 2.75) is 82.3 Å². The van der Waals surface area contributed by atoms with E-state index < -0.39 is 23.7 Å². The molecule has 19 heteroatoms. The number of benzene rings is 2. The van der Waals surface area contributed by atoms with Crippen LogP contribution in [0, 0.1) is 0 Å². The standard InChI is InChI=1S/C26H26Cl2F3N4.C22H20Cl3F3N2.C4H6N2/c1-33-11-12-34(16-33)15-24-22-13-17-4-5-18(27)14-21(17)20(22)8-10-35(24)9-2-3-19-6-7-23(28)25(32-19)26(29,30)31;23-12-20-18-10-13-3-4-14(24)11-17(13)16(18)7-9-30(20)8-1-2-15-5-6-19(25)21(29-15)22(26,27)28;1-6-3-2-5-4-6/h4-7,11-12,14,16,24H,2-3,8-10,13,15H2,1H3;3-6,11,20H,1-2,7-10,12H2;2-4H,1H3/q+1;;. The minimum absolute atomic E-state index is 0.130. The highest BCUT2D eigenvalue weighted by Gasteiger charge is 2.39. The van der Waals surface area contributed by atoms with Gasteiger partial charge in [0.15, 0.2) is 11.4 Å². The summed E-state index contributed by atoms with van der Waals surface area (Å²) in [6, 6.07) is 18.2. The first-order valence-corrected chi connectivity index (χ1v) is 25.3. The number of imidazole rings is 2. The van der Waals surface area contributed by atoms with Gasteiger partial charge in [0.2, 0.25) is 6.33 Å². The van der Waals surface area contributed by atoms with Gasteiger partial charge in [0, 0.05) is 65.9 Å². The van der Waals surface area contributed by atoms with Crippen molar-refractivity contribution in [3.63, 3.8) is 0 Å². The number of fused-ring (bicyclic) bond motifs is 4. The van der Waals surface area contributed by atoms with E-state index in [1.807, 2.05) is 53.8 Å². The summed E-state index contributed by atoms with van der Waals surface area (Å²) in [5.74, 6) is 0.484. The van der Waals surface area contributed by atoms with E-state index >= 15 is 0 Å². The Kier molecular flexibility index (Phi) is 17.0. The SMILES string of the molecule is C[n+]1ccn(CC2C3=C(CCN2CCCc2ccc(Cl)c(C(F)(F)F)n2)c2cc(Cl)ccc2C3)c1.Cn1ccnc1.FC(F)(F)c1nc(CCCN2CCC3=C(Cc4ccc(Cl)cc43)C2CCl)ccc1Cl. The lowest BCUT2D eigenvalue weighted by Gasteiger charge is -2.36. The quantitative estimate of drug-likeness (QED) is 0.0735. The van der Waals surface area contributed by atoms with Crippen LogP contribution in [0.1, 0.15) is 70.7 Å². The molecule has 0 bridgehead atoms. The van der Waals surface area contributed by atoms with Gasteiger partial charge in [-0.3, -0.25) is 9.80 Å². The van der Waals surface area contributed by atoms with Gasteiger partial charge < -0.3 is 4.57 Å². The first-order chi connectivity index (χ1) is 33.9. The monoisotopic (exact) mass is 1080 g/mol. The molecule has 0 fully saturated rings. The molecule has 2 unspecified atom stereocenters. The highest BCUT2D eigenvalue weighted by atomic mass is 35.5. The first-order valence-electron chi connectivity index (χ1n) is 23.3. The summed E-state index contributed by atoms with van der Waals surface area (Å²) in [5.41, 5.74) is 9.40. The predicted molar refractivity (Wildman–Crippen MR) is 269 cm³/mol. The Labute approximate surface area is 434 Å². The number of pyridine rings is 2. The van der Waals surface area contributed by atoms with E-state index in [-0.39, 0.29) is 22.1 Å². The number of aryl methyl sites for hydroxylation is 4. The van der Waals surface area contributed by atoms with Gasteiger partial charge in [-0.15, -0.1) is 11.6 Å². The Balaban J connectivity index is 0.000000172. The molecule has 0 N–H and O–H groups in total.